The third-order valence-electron chi connectivity index (χ3n) is 3.80. The number of hydrogen-bond donors (Lipinski definition) is 1. The second kappa shape index (κ2) is 7.21. The summed E-state index contributed by atoms with van der Waals surface area (Å²) in [4.78, 5) is 28.7. The molecular weight excluding hydrogens is 360 g/mol. The first kappa shape index (κ1) is 17.4. The Bertz CT molecular complexity index is 1010. The van der Waals surface area contributed by atoms with E-state index >= 15 is 0 Å². The van der Waals surface area contributed by atoms with Crippen molar-refractivity contribution in [1.82, 2.24) is 4.57 Å². The number of aliphatic carboxylic acids is 1. The van der Waals surface area contributed by atoms with Crippen molar-refractivity contribution in [2.45, 2.75) is 19.4 Å². The zero-order valence-corrected chi connectivity index (χ0v) is 14.9. The zero-order chi connectivity index (χ0) is 18.0. The molecule has 5 nitrogen and oxygen atoms in total. The van der Waals surface area contributed by atoms with Crippen LogP contribution in [0.5, 0.6) is 0 Å². The molecule has 3 aromatic rings. The predicted molar refractivity (Wildman–Crippen MR) is 98.1 cm³/mol. The Hall–Kier alpha value is -2.44. The second-order valence-electron chi connectivity index (χ2n) is 5.41. The summed E-state index contributed by atoms with van der Waals surface area (Å²) in [7, 11) is 0. The summed E-state index contributed by atoms with van der Waals surface area (Å²) in [5.74, 6) is -1.39. The van der Waals surface area contributed by atoms with E-state index in [-0.39, 0.29) is 0 Å². The van der Waals surface area contributed by atoms with Crippen molar-refractivity contribution < 1.29 is 14.7 Å². The van der Waals surface area contributed by atoms with E-state index in [1.807, 2.05) is 24.3 Å². The molecule has 1 atom stereocenters. The number of nitrogens with zero attached hydrogens (tertiary/aromatic N) is 2. The van der Waals surface area contributed by atoms with Crippen LogP contribution in [0.2, 0.25) is 5.02 Å². The minimum Gasteiger partial charge on any atom is -0.480 e. The van der Waals surface area contributed by atoms with Gasteiger partial charge in [0.2, 0.25) is 0 Å². The highest BCUT2D eigenvalue weighted by Crippen LogP contribution is 2.22. The molecule has 0 aliphatic carbocycles. The van der Waals surface area contributed by atoms with Gasteiger partial charge in [-0.25, -0.2) is 4.79 Å². The molecule has 1 heterocycles. The fourth-order valence-corrected chi connectivity index (χ4v) is 3.78. The molecule has 0 aliphatic heterocycles. The minimum atomic E-state index is -0.952. The van der Waals surface area contributed by atoms with Gasteiger partial charge in [-0.1, -0.05) is 42.0 Å². The number of carbonyl (C=O) groups excluding carboxylic acids is 1. The molecular formula is C18H15ClN2O3S. The van der Waals surface area contributed by atoms with Gasteiger partial charge in [-0.3, -0.25) is 4.79 Å². The van der Waals surface area contributed by atoms with Gasteiger partial charge in [-0.2, -0.15) is 4.99 Å². The molecule has 1 unspecified atom stereocenters. The monoisotopic (exact) mass is 374 g/mol. The lowest BCUT2D eigenvalue weighted by molar-refractivity contribution is -0.140. The molecule has 1 amide bonds. The molecule has 1 N–H and O–H groups in total. The van der Waals surface area contributed by atoms with Crippen LogP contribution in [0.3, 0.4) is 0 Å². The van der Waals surface area contributed by atoms with Crippen molar-refractivity contribution in [3.63, 3.8) is 0 Å². The van der Waals surface area contributed by atoms with Crippen LogP contribution in [-0.2, 0) is 4.79 Å². The van der Waals surface area contributed by atoms with Gasteiger partial charge in [-0.05, 0) is 42.8 Å². The molecule has 0 bridgehead atoms. The van der Waals surface area contributed by atoms with Gasteiger partial charge in [0, 0.05) is 10.6 Å². The van der Waals surface area contributed by atoms with Crippen molar-refractivity contribution in [2.24, 2.45) is 4.99 Å². The van der Waals surface area contributed by atoms with Crippen LogP contribution in [0.15, 0.2) is 53.5 Å². The van der Waals surface area contributed by atoms with Crippen LogP contribution in [-0.4, -0.2) is 21.6 Å². The van der Waals surface area contributed by atoms with E-state index < -0.39 is 17.9 Å². The molecule has 1 aromatic heterocycles. The molecule has 128 valence electrons. The van der Waals surface area contributed by atoms with Crippen molar-refractivity contribution in [3.8, 4) is 0 Å². The molecule has 2 aromatic carbocycles. The Balaban J connectivity index is 2.19. The van der Waals surface area contributed by atoms with Crippen LogP contribution in [0.4, 0.5) is 0 Å². The number of thiazole rings is 1. The first-order valence-corrected chi connectivity index (χ1v) is 8.88. The molecule has 0 fully saturated rings. The first-order valence-electron chi connectivity index (χ1n) is 7.68. The predicted octanol–water partition coefficient (Wildman–Crippen LogP) is 4.13. The minimum absolute atomic E-state index is 0.371. The van der Waals surface area contributed by atoms with Gasteiger partial charge in [0.1, 0.15) is 6.04 Å². The van der Waals surface area contributed by atoms with Gasteiger partial charge in [0.05, 0.1) is 10.2 Å². The summed E-state index contributed by atoms with van der Waals surface area (Å²) in [5.41, 5.74) is 1.15. The maximum atomic E-state index is 12.5. The number of carbonyl (C=O) groups is 2. The molecule has 0 saturated heterocycles. The van der Waals surface area contributed by atoms with E-state index in [0.717, 1.165) is 10.2 Å². The number of carboxylic acid groups (broad SMARTS) is 1. The van der Waals surface area contributed by atoms with Crippen molar-refractivity contribution in [3.05, 3.63) is 63.9 Å². The van der Waals surface area contributed by atoms with Crippen LogP contribution in [0, 0.1) is 0 Å². The molecule has 7 heteroatoms. The molecule has 25 heavy (non-hydrogen) atoms. The number of amides is 1. The van der Waals surface area contributed by atoms with Gasteiger partial charge in [0.25, 0.3) is 5.91 Å². The maximum Gasteiger partial charge on any atom is 0.326 e. The highest BCUT2D eigenvalue weighted by molar-refractivity contribution is 7.16. The van der Waals surface area contributed by atoms with Gasteiger partial charge < -0.3 is 9.67 Å². The molecule has 0 aliphatic rings. The van der Waals surface area contributed by atoms with E-state index in [9.17, 15) is 14.7 Å². The van der Waals surface area contributed by atoms with Crippen LogP contribution >= 0.6 is 22.9 Å². The fourth-order valence-electron chi connectivity index (χ4n) is 2.58. The van der Waals surface area contributed by atoms with Crippen LogP contribution < -0.4 is 4.80 Å². The molecule has 0 radical (unpaired) electrons. The lowest BCUT2D eigenvalue weighted by atomic mass is 10.2. The van der Waals surface area contributed by atoms with Crippen LogP contribution in [0.25, 0.3) is 10.2 Å². The Morgan fingerprint density at radius 2 is 1.88 bits per heavy atom. The number of halogens is 1. The number of aromatic nitrogens is 1. The second-order valence-corrected chi connectivity index (χ2v) is 6.85. The van der Waals surface area contributed by atoms with Gasteiger partial charge in [-0.15, -0.1) is 0 Å². The van der Waals surface area contributed by atoms with Crippen molar-refractivity contribution in [1.29, 1.82) is 0 Å². The Kier molecular flexibility index (Phi) is 5.01. The molecule has 0 saturated carbocycles. The summed E-state index contributed by atoms with van der Waals surface area (Å²) < 4.78 is 2.50. The number of benzene rings is 2. The maximum absolute atomic E-state index is 12.5. The summed E-state index contributed by atoms with van der Waals surface area (Å²) in [6.07, 6.45) is 0.387. The van der Waals surface area contributed by atoms with Crippen molar-refractivity contribution in [2.75, 3.05) is 0 Å². The number of rotatable bonds is 4. The summed E-state index contributed by atoms with van der Waals surface area (Å²) >= 11 is 7.14. The van der Waals surface area contributed by atoms with Crippen LogP contribution in [0.1, 0.15) is 29.7 Å². The number of hydrogen-bond acceptors (Lipinski definition) is 3. The lowest BCUT2D eigenvalue weighted by Gasteiger charge is -2.13. The quantitative estimate of drug-likeness (QED) is 0.746. The van der Waals surface area contributed by atoms with Gasteiger partial charge in [0.15, 0.2) is 4.80 Å². The Morgan fingerprint density at radius 3 is 2.52 bits per heavy atom. The standard InChI is InChI=1S/C18H15ClN2O3S/c1-2-13(17(23)24)21-14-5-3-4-6-15(14)25-18(21)20-16(22)11-7-9-12(19)10-8-11/h3-10,13H,2H2,1H3,(H,23,24)/b20-18-. The zero-order valence-electron chi connectivity index (χ0n) is 13.3. The lowest BCUT2D eigenvalue weighted by Crippen LogP contribution is -2.27. The Labute approximate surface area is 152 Å². The molecule has 3 rings (SSSR count). The van der Waals surface area contributed by atoms with E-state index in [1.54, 1.807) is 35.8 Å². The highest BCUT2D eigenvalue weighted by Gasteiger charge is 2.21. The SMILES string of the molecule is CCC(C(=O)O)n1/c(=N/C(=O)c2ccc(Cl)cc2)sc2ccccc21. The largest absolute Gasteiger partial charge is 0.480 e. The van der Waals surface area contributed by atoms with Gasteiger partial charge >= 0.3 is 5.97 Å². The normalized spacial score (nSPS) is 13.1. The third-order valence-corrected chi connectivity index (χ3v) is 5.09. The van der Waals surface area contributed by atoms with E-state index in [1.165, 1.54) is 11.3 Å². The first-order chi connectivity index (χ1) is 12.0. The average Bonchev–Trinajstić information content (AvgIpc) is 2.94. The number of carboxylic acids is 1. The van der Waals surface area contributed by atoms with Crippen molar-refractivity contribution >= 4 is 45.0 Å². The third kappa shape index (κ3) is 3.50. The smallest absolute Gasteiger partial charge is 0.326 e. The van der Waals surface area contributed by atoms with E-state index in [2.05, 4.69) is 4.99 Å². The summed E-state index contributed by atoms with van der Waals surface area (Å²) in [6, 6.07) is 13.1. The number of fused-ring (bicyclic) bond motifs is 1. The average molecular weight is 375 g/mol. The van der Waals surface area contributed by atoms with E-state index in [4.69, 9.17) is 11.6 Å². The Morgan fingerprint density at radius 1 is 1.20 bits per heavy atom. The summed E-state index contributed by atoms with van der Waals surface area (Å²) in [5, 5.41) is 10.1. The summed E-state index contributed by atoms with van der Waals surface area (Å²) in [6.45, 7) is 1.79. The fraction of sp³-hybridized carbons (Fsp3) is 0.167. The highest BCUT2D eigenvalue weighted by atomic mass is 35.5. The van der Waals surface area contributed by atoms with E-state index in [0.29, 0.717) is 21.8 Å². The topological polar surface area (TPSA) is 71.7 Å². The molecule has 0 spiro atoms. The number of para-hydroxylation sites is 1.